The first-order chi connectivity index (χ1) is 19.8. The van der Waals surface area contributed by atoms with Gasteiger partial charge in [0.1, 0.15) is 5.75 Å². The molecule has 2 unspecified atom stereocenters. The Morgan fingerprint density at radius 1 is 1.14 bits per heavy atom. The first-order valence-electron chi connectivity index (χ1n) is 13.5. The molecule has 1 aliphatic heterocycles. The van der Waals surface area contributed by atoms with Gasteiger partial charge in [0.25, 0.3) is 5.89 Å². The first kappa shape index (κ1) is 29.1. The number of carbonyl (C=O) groups is 1. The van der Waals surface area contributed by atoms with Crippen LogP contribution >= 0.6 is 0 Å². The lowest BCUT2D eigenvalue weighted by Crippen LogP contribution is -2.51. The molecule has 222 valence electrons. The zero-order valence-corrected chi connectivity index (χ0v) is 23.6. The molecular weight excluding hydrogens is 553 g/mol. The molecule has 1 amide bonds. The van der Waals surface area contributed by atoms with E-state index in [2.05, 4.69) is 51.8 Å². The summed E-state index contributed by atoms with van der Waals surface area (Å²) in [5, 5.41) is 18.3. The summed E-state index contributed by atoms with van der Waals surface area (Å²) in [7, 11) is 0. The Hall–Kier alpha value is -4.42. The normalized spacial score (nSPS) is 17.8. The van der Waals surface area contributed by atoms with Crippen LogP contribution in [0.4, 0.5) is 18.0 Å². The molecule has 0 spiro atoms. The Morgan fingerprint density at radius 3 is 2.55 bits per heavy atom. The van der Waals surface area contributed by atoms with Crippen LogP contribution in [0.25, 0.3) is 23.0 Å². The Labute approximate surface area is 240 Å². The minimum Gasteiger partial charge on any atom is -0.465 e. The third-order valence-corrected chi connectivity index (χ3v) is 7.42. The Kier molecular flexibility index (Phi) is 7.69. The number of hydrogen-bond donors (Lipinski definition) is 1. The van der Waals surface area contributed by atoms with E-state index in [1.54, 1.807) is 11.1 Å². The predicted octanol–water partition coefficient (Wildman–Crippen LogP) is 6.52. The second-order valence-electron chi connectivity index (χ2n) is 11.5. The smallest absolute Gasteiger partial charge is 0.465 e. The average Bonchev–Trinajstić information content (AvgIpc) is 3.55. The van der Waals surface area contributed by atoms with E-state index in [0.717, 1.165) is 17.0 Å². The van der Waals surface area contributed by atoms with Crippen LogP contribution in [-0.4, -0.2) is 60.0 Å². The van der Waals surface area contributed by atoms with Gasteiger partial charge in [0.05, 0.1) is 6.54 Å². The summed E-state index contributed by atoms with van der Waals surface area (Å²) < 4.78 is 48.4. The maximum absolute atomic E-state index is 12.4. The van der Waals surface area contributed by atoms with Gasteiger partial charge in [0, 0.05) is 41.7 Å². The van der Waals surface area contributed by atoms with E-state index in [4.69, 9.17) is 4.52 Å². The number of alkyl halides is 3. The van der Waals surface area contributed by atoms with Crippen molar-refractivity contribution in [2.24, 2.45) is 5.41 Å². The molecule has 13 heteroatoms. The van der Waals surface area contributed by atoms with Crippen molar-refractivity contribution in [2.45, 2.75) is 65.4 Å². The van der Waals surface area contributed by atoms with E-state index in [9.17, 15) is 23.1 Å². The lowest BCUT2D eigenvalue weighted by Gasteiger charge is -2.44. The fraction of sp³-hybridized carbons (Fsp3) is 0.414. The molecule has 1 fully saturated rings. The maximum atomic E-state index is 12.4. The third-order valence-electron chi connectivity index (χ3n) is 7.42. The molecule has 10 nitrogen and oxygen atoms in total. The Morgan fingerprint density at radius 2 is 1.88 bits per heavy atom. The van der Waals surface area contributed by atoms with Crippen LogP contribution in [0.2, 0.25) is 0 Å². The van der Waals surface area contributed by atoms with Gasteiger partial charge in [0.2, 0.25) is 5.82 Å². The van der Waals surface area contributed by atoms with E-state index < -0.39 is 12.5 Å². The van der Waals surface area contributed by atoms with Gasteiger partial charge in [-0.2, -0.15) is 10.1 Å². The van der Waals surface area contributed by atoms with Crippen molar-refractivity contribution in [1.29, 1.82) is 0 Å². The highest BCUT2D eigenvalue weighted by Gasteiger charge is 2.39. The molecule has 1 saturated heterocycles. The molecule has 5 rings (SSSR count). The molecule has 0 aliphatic carbocycles. The highest BCUT2D eigenvalue weighted by Crippen LogP contribution is 2.38. The molecule has 0 bridgehead atoms. The number of carboxylic acid groups (broad SMARTS) is 1. The van der Waals surface area contributed by atoms with Gasteiger partial charge in [-0.25, -0.2) is 4.79 Å². The SMILES string of the molecule is Cc1cc(-c2nc(-c3ccc(OC(F)(F)F)cc3)no2)nn1Cc1ccnc(C2CCN(C(=O)O)C(C(C)(C)C)C2)c1. The summed E-state index contributed by atoms with van der Waals surface area (Å²) in [5.41, 5.74) is 3.52. The van der Waals surface area contributed by atoms with Gasteiger partial charge in [-0.15, -0.1) is 13.2 Å². The molecule has 42 heavy (non-hydrogen) atoms. The Balaban J connectivity index is 1.29. The number of halogens is 3. The fourth-order valence-corrected chi connectivity index (χ4v) is 5.30. The van der Waals surface area contributed by atoms with E-state index in [0.29, 0.717) is 37.2 Å². The number of aromatic nitrogens is 5. The number of nitrogens with zero attached hydrogens (tertiary/aromatic N) is 6. The van der Waals surface area contributed by atoms with Crippen molar-refractivity contribution in [3.63, 3.8) is 0 Å². The summed E-state index contributed by atoms with van der Waals surface area (Å²) in [6, 6.07) is 10.9. The summed E-state index contributed by atoms with van der Waals surface area (Å²) in [5.74, 6) is 0.182. The number of amides is 1. The molecule has 1 aliphatic rings. The summed E-state index contributed by atoms with van der Waals surface area (Å²) in [4.78, 5) is 22.4. The molecule has 2 atom stereocenters. The summed E-state index contributed by atoms with van der Waals surface area (Å²) in [6.07, 6.45) is -2.48. The van der Waals surface area contributed by atoms with E-state index in [-0.39, 0.29) is 34.8 Å². The van der Waals surface area contributed by atoms with Crippen LogP contribution in [-0.2, 0) is 6.54 Å². The standard InChI is InChI=1S/C29H31F3N6O4/c1-17-13-23(26-34-25(36-42-26)19-5-7-21(8-6-19)41-29(30,31)32)35-38(17)16-18-9-11-33-22(14-18)20-10-12-37(27(39)40)24(15-20)28(2,3)4/h5-9,11,13-14,20,24H,10,12,15-16H2,1-4H3,(H,39,40). The predicted molar refractivity (Wildman–Crippen MR) is 146 cm³/mol. The Bertz CT molecular complexity index is 1560. The minimum absolute atomic E-state index is 0.111. The van der Waals surface area contributed by atoms with E-state index in [1.165, 1.54) is 24.3 Å². The molecule has 1 aromatic carbocycles. The lowest BCUT2D eigenvalue weighted by atomic mass is 9.76. The van der Waals surface area contributed by atoms with Crippen LogP contribution in [0.5, 0.6) is 5.75 Å². The zero-order chi connectivity index (χ0) is 30.2. The number of likely N-dealkylation sites (tertiary alicyclic amines) is 1. The molecule has 4 aromatic rings. The van der Waals surface area contributed by atoms with Gasteiger partial charge >= 0.3 is 12.5 Å². The molecule has 3 aromatic heterocycles. The van der Waals surface area contributed by atoms with Crippen LogP contribution < -0.4 is 4.74 Å². The van der Waals surface area contributed by atoms with Crippen LogP contribution in [0.1, 0.15) is 56.5 Å². The fourth-order valence-electron chi connectivity index (χ4n) is 5.30. The number of piperidine rings is 1. The largest absolute Gasteiger partial charge is 0.573 e. The lowest BCUT2D eigenvalue weighted by molar-refractivity contribution is -0.274. The van der Waals surface area contributed by atoms with Crippen molar-refractivity contribution in [3.8, 4) is 28.7 Å². The highest BCUT2D eigenvalue weighted by molar-refractivity contribution is 5.65. The second kappa shape index (κ2) is 11.1. The second-order valence-corrected chi connectivity index (χ2v) is 11.5. The molecule has 1 N–H and O–H groups in total. The average molecular weight is 585 g/mol. The van der Waals surface area contributed by atoms with Gasteiger partial charge in [-0.1, -0.05) is 25.9 Å². The van der Waals surface area contributed by atoms with Gasteiger partial charge < -0.3 is 19.3 Å². The number of ether oxygens (including phenoxy) is 1. The van der Waals surface area contributed by atoms with Crippen molar-refractivity contribution in [2.75, 3.05) is 6.54 Å². The minimum atomic E-state index is -4.77. The number of rotatable bonds is 6. The van der Waals surface area contributed by atoms with E-state index >= 15 is 0 Å². The summed E-state index contributed by atoms with van der Waals surface area (Å²) >= 11 is 0. The van der Waals surface area contributed by atoms with Crippen LogP contribution in [0.15, 0.2) is 53.2 Å². The third kappa shape index (κ3) is 6.55. The highest BCUT2D eigenvalue weighted by atomic mass is 19.4. The monoisotopic (exact) mass is 584 g/mol. The van der Waals surface area contributed by atoms with Crippen molar-refractivity contribution >= 4 is 6.09 Å². The van der Waals surface area contributed by atoms with E-state index in [1.807, 2.05) is 23.7 Å². The van der Waals surface area contributed by atoms with Gasteiger partial charge in [0.15, 0.2) is 5.69 Å². The van der Waals surface area contributed by atoms with Crippen molar-refractivity contribution < 1.29 is 32.3 Å². The quantitative estimate of drug-likeness (QED) is 0.272. The summed E-state index contributed by atoms with van der Waals surface area (Å²) in [6.45, 7) is 9.03. The van der Waals surface area contributed by atoms with Gasteiger partial charge in [-0.05, 0) is 73.2 Å². The number of pyridine rings is 1. The van der Waals surface area contributed by atoms with Crippen LogP contribution in [0, 0.1) is 12.3 Å². The van der Waals surface area contributed by atoms with Crippen molar-refractivity contribution in [3.05, 3.63) is 65.6 Å². The first-order valence-corrected chi connectivity index (χ1v) is 13.5. The molecular formula is C29H31F3N6O4. The number of hydrogen-bond acceptors (Lipinski definition) is 7. The number of benzene rings is 1. The maximum Gasteiger partial charge on any atom is 0.573 e. The van der Waals surface area contributed by atoms with Gasteiger partial charge in [-0.3, -0.25) is 9.67 Å². The molecule has 0 radical (unpaired) electrons. The zero-order valence-electron chi connectivity index (χ0n) is 23.6. The topological polar surface area (TPSA) is 119 Å². The number of aryl methyl sites for hydroxylation is 1. The molecule has 0 saturated carbocycles. The molecule has 4 heterocycles. The van der Waals surface area contributed by atoms with Crippen molar-refractivity contribution in [1.82, 2.24) is 29.8 Å². The van der Waals surface area contributed by atoms with Crippen LogP contribution in [0.3, 0.4) is 0 Å².